The van der Waals surface area contributed by atoms with Gasteiger partial charge in [0.1, 0.15) is 11.4 Å². The maximum Gasteiger partial charge on any atom is 0.421 e. The van der Waals surface area contributed by atoms with E-state index in [4.69, 9.17) is 0 Å². The number of nitrogens with one attached hydrogen (secondary N) is 2. The van der Waals surface area contributed by atoms with E-state index in [1.807, 2.05) is 0 Å². The molecule has 1 atom stereocenters. The number of aromatic nitrogens is 2. The Kier molecular flexibility index (Phi) is 7.64. The molecule has 37 heavy (non-hydrogen) atoms. The average Bonchev–Trinajstić information content (AvgIpc) is 3.15. The molecule has 0 radical (unpaired) electrons. The van der Waals surface area contributed by atoms with E-state index in [-0.39, 0.29) is 35.4 Å². The summed E-state index contributed by atoms with van der Waals surface area (Å²) >= 11 is 3.39. The van der Waals surface area contributed by atoms with Crippen LogP contribution >= 0.6 is 23.3 Å². The lowest BCUT2D eigenvalue weighted by atomic mass is 10.1. The van der Waals surface area contributed by atoms with Gasteiger partial charge in [-0.05, 0) is 48.6 Å². The van der Waals surface area contributed by atoms with Gasteiger partial charge in [-0.25, -0.2) is 4.98 Å². The average molecular weight is 597 g/mol. The van der Waals surface area contributed by atoms with Crippen molar-refractivity contribution < 1.29 is 27.4 Å². The molecule has 0 spiro atoms. The van der Waals surface area contributed by atoms with E-state index in [0.29, 0.717) is 34.9 Å². The normalized spacial score (nSPS) is 14.9. The molecule has 0 fully saturated rings. The van der Waals surface area contributed by atoms with Crippen molar-refractivity contribution in [3.05, 3.63) is 69.3 Å². The van der Waals surface area contributed by atoms with E-state index in [0.717, 1.165) is 5.56 Å². The topological polar surface area (TPSA) is 110 Å². The second-order valence-electron chi connectivity index (χ2n) is 8.61. The quantitative estimate of drug-likeness (QED) is 0.329. The van der Waals surface area contributed by atoms with Gasteiger partial charge in [0.2, 0.25) is 5.95 Å². The summed E-state index contributed by atoms with van der Waals surface area (Å²) in [7, 11) is -1.77. The van der Waals surface area contributed by atoms with Crippen LogP contribution in [0.25, 0.3) is 0 Å². The van der Waals surface area contributed by atoms with Gasteiger partial charge in [-0.2, -0.15) is 18.2 Å². The van der Waals surface area contributed by atoms with Gasteiger partial charge in [0.05, 0.1) is 11.3 Å². The van der Waals surface area contributed by atoms with Crippen molar-refractivity contribution in [1.82, 2.24) is 14.9 Å². The highest BCUT2D eigenvalue weighted by atomic mass is 79.9. The molecule has 0 aliphatic carbocycles. The summed E-state index contributed by atoms with van der Waals surface area (Å²) in [6.45, 7) is 1.93. The molecule has 1 aliphatic rings. The van der Waals surface area contributed by atoms with Crippen LogP contribution in [-0.2, 0) is 23.7 Å². The lowest BCUT2D eigenvalue weighted by Gasteiger charge is -2.21. The molecule has 1 aliphatic heterocycles. The number of hydrogen-bond donors (Lipinski definition) is 2. The summed E-state index contributed by atoms with van der Waals surface area (Å²) < 4.78 is 53.7. The maximum atomic E-state index is 13.7. The van der Waals surface area contributed by atoms with Crippen molar-refractivity contribution in [2.75, 3.05) is 30.0 Å². The van der Waals surface area contributed by atoms with E-state index in [2.05, 4.69) is 36.5 Å². The highest BCUT2D eigenvalue weighted by molar-refractivity contribution is 9.10. The van der Waals surface area contributed by atoms with Gasteiger partial charge in [0, 0.05) is 42.9 Å². The van der Waals surface area contributed by atoms with Crippen LogP contribution in [0.4, 0.5) is 36.3 Å². The first-order valence-corrected chi connectivity index (χ1v) is 14.1. The first kappa shape index (κ1) is 27.1. The van der Waals surface area contributed by atoms with E-state index in [1.165, 1.54) is 11.0 Å². The molecule has 8 nitrogen and oxygen atoms in total. The van der Waals surface area contributed by atoms with Gasteiger partial charge in [-0.15, -0.1) is 0 Å². The monoisotopic (exact) mass is 596 g/mol. The van der Waals surface area contributed by atoms with E-state index in [1.54, 1.807) is 44.3 Å². The second kappa shape index (κ2) is 10.4. The van der Waals surface area contributed by atoms with Crippen LogP contribution in [0.3, 0.4) is 0 Å². The molecule has 2 aromatic carbocycles. The van der Waals surface area contributed by atoms with Crippen LogP contribution in [0.2, 0.25) is 0 Å². The minimum atomic E-state index is -4.73. The number of anilines is 4. The summed E-state index contributed by atoms with van der Waals surface area (Å²) in [6.07, 6.45) is -3.53. The molecule has 0 saturated carbocycles. The standard InChI is InChI=1S/C24H24BrF3N5O3P/c1-3-37(35,36)11-10-14-4-6-15(7-5-14)30-23-29-12-17(24(26,27)28)21(32-23)31-19-9-8-18(25)16-13-33(2)22(34)20(16)19/h4-9,12H,3,10-11,13H2,1-2H3,(H,35,36)(H2,29,30,31,32)/p-1. The summed E-state index contributed by atoms with van der Waals surface area (Å²) in [5.41, 5.74) is 1.39. The lowest BCUT2D eigenvalue weighted by Crippen LogP contribution is -2.18. The van der Waals surface area contributed by atoms with Gasteiger partial charge in [0.15, 0.2) is 0 Å². The largest absolute Gasteiger partial charge is 0.799 e. The smallest absolute Gasteiger partial charge is 0.421 e. The summed E-state index contributed by atoms with van der Waals surface area (Å²) in [4.78, 5) is 33.7. The summed E-state index contributed by atoms with van der Waals surface area (Å²) in [5.74, 6) is -0.901. The Hall–Kier alpha value is -2.95. The molecule has 0 saturated heterocycles. The Bertz CT molecular complexity index is 1390. The van der Waals surface area contributed by atoms with Crippen molar-refractivity contribution in [3.8, 4) is 0 Å². The van der Waals surface area contributed by atoms with Crippen molar-refractivity contribution in [1.29, 1.82) is 0 Å². The number of nitrogens with zero attached hydrogens (tertiary/aromatic N) is 3. The predicted octanol–water partition coefficient (Wildman–Crippen LogP) is 5.53. The number of carbonyl (C=O) groups is 1. The minimum Gasteiger partial charge on any atom is -0.799 e. The molecule has 0 bridgehead atoms. The fourth-order valence-corrected chi connectivity index (χ4v) is 5.21. The zero-order valence-electron chi connectivity index (χ0n) is 19.9. The van der Waals surface area contributed by atoms with Gasteiger partial charge in [-0.3, -0.25) is 4.79 Å². The third kappa shape index (κ3) is 6.14. The number of amides is 1. The third-order valence-electron chi connectivity index (χ3n) is 5.99. The molecule has 2 N–H and O–H groups in total. The first-order valence-electron chi connectivity index (χ1n) is 11.3. The van der Waals surface area contributed by atoms with Gasteiger partial charge in [0.25, 0.3) is 5.91 Å². The highest BCUT2D eigenvalue weighted by Crippen LogP contribution is 2.39. The van der Waals surface area contributed by atoms with Crippen LogP contribution in [0.5, 0.6) is 0 Å². The van der Waals surface area contributed by atoms with Crippen LogP contribution in [0.15, 0.2) is 47.1 Å². The Morgan fingerprint density at radius 1 is 1.16 bits per heavy atom. The molecule has 2 heterocycles. The molecule has 4 rings (SSSR count). The van der Waals surface area contributed by atoms with Gasteiger partial charge in [-0.1, -0.05) is 35.0 Å². The number of carbonyl (C=O) groups excluding carboxylic acids is 1. The first-order chi connectivity index (χ1) is 17.4. The Balaban J connectivity index is 1.60. The summed E-state index contributed by atoms with van der Waals surface area (Å²) in [6, 6.07) is 9.98. The number of hydrogen-bond acceptors (Lipinski definition) is 7. The molecular formula is C24H23BrF3N5O3P-. The maximum absolute atomic E-state index is 13.7. The van der Waals surface area contributed by atoms with Gasteiger partial charge >= 0.3 is 6.18 Å². The number of halogens is 4. The lowest BCUT2D eigenvalue weighted by molar-refractivity contribution is -0.174. The Labute approximate surface area is 219 Å². The molecule has 1 aromatic heterocycles. The van der Waals surface area contributed by atoms with E-state index in [9.17, 15) is 27.4 Å². The predicted molar refractivity (Wildman–Crippen MR) is 137 cm³/mol. The van der Waals surface area contributed by atoms with Crippen molar-refractivity contribution in [3.63, 3.8) is 0 Å². The summed E-state index contributed by atoms with van der Waals surface area (Å²) in [5, 5.41) is 5.56. The highest BCUT2D eigenvalue weighted by Gasteiger charge is 2.36. The van der Waals surface area contributed by atoms with Gasteiger partial charge < -0.3 is 25.0 Å². The zero-order valence-corrected chi connectivity index (χ0v) is 22.4. The molecule has 3 aromatic rings. The second-order valence-corrected chi connectivity index (χ2v) is 12.2. The number of rotatable bonds is 8. The van der Waals surface area contributed by atoms with Crippen molar-refractivity contribution >= 4 is 52.3 Å². The molecular weight excluding hydrogens is 574 g/mol. The van der Waals surface area contributed by atoms with Crippen LogP contribution < -0.4 is 15.5 Å². The minimum absolute atomic E-state index is 0.0609. The van der Waals surface area contributed by atoms with Crippen LogP contribution in [-0.4, -0.2) is 40.1 Å². The van der Waals surface area contributed by atoms with Crippen molar-refractivity contribution in [2.24, 2.45) is 0 Å². The van der Waals surface area contributed by atoms with E-state index < -0.39 is 24.9 Å². The van der Waals surface area contributed by atoms with E-state index >= 15 is 0 Å². The fraction of sp³-hybridized carbons (Fsp3) is 0.292. The number of benzene rings is 2. The van der Waals surface area contributed by atoms with Crippen LogP contribution in [0, 0.1) is 0 Å². The zero-order chi connectivity index (χ0) is 27.0. The Morgan fingerprint density at radius 2 is 1.86 bits per heavy atom. The number of alkyl halides is 3. The number of fused-ring (bicyclic) bond motifs is 1. The SMILES string of the molecule is CCP(=O)([O-])CCc1ccc(Nc2ncc(C(F)(F)F)c(Nc3ccc(Br)c4c3C(=O)N(C)C4)n2)cc1. The third-order valence-corrected chi connectivity index (χ3v) is 8.60. The molecule has 13 heteroatoms. The molecule has 196 valence electrons. The van der Waals surface area contributed by atoms with Crippen molar-refractivity contribution in [2.45, 2.75) is 26.1 Å². The Morgan fingerprint density at radius 3 is 2.51 bits per heavy atom. The molecule has 1 unspecified atom stereocenters. The fourth-order valence-electron chi connectivity index (χ4n) is 3.84. The number of aryl methyl sites for hydroxylation is 1. The van der Waals surface area contributed by atoms with Crippen LogP contribution in [0.1, 0.15) is 34.0 Å². The molecule has 1 amide bonds.